The number of piperidine rings is 1. The zero-order valence-corrected chi connectivity index (χ0v) is 20.1. The van der Waals surface area contributed by atoms with E-state index in [1.54, 1.807) is 4.90 Å². The molecule has 7 nitrogen and oxygen atoms in total. The molecule has 9 heteroatoms. The maximum Gasteiger partial charge on any atom is 0.261 e. The number of carbonyl (C=O) groups excluding carboxylic acids is 1. The molecule has 35 heavy (non-hydrogen) atoms. The van der Waals surface area contributed by atoms with Gasteiger partial charge in [-0.05, 0) is 67.6 Å². The number of benzene rings is 3. The van der Waals surface area contributed by atoms with E-state index in [0.29, 0.717) is 49.6 Å². The van der Waals surface area contributed by atoms with Crippen LogP contribution in [-0.2, 0) is 10.0 Å². The first-order valence-corrected chi connectivity index (χ1v) is 12.9. The van der Waals surface area contributed by atoms with Gasteiger partial charge in [0, 0.05) is 37.2 Å². The molecule has 0 atom stereocenters. The number of nitrogens with zero attached hydrogens (tertiary/aromatic N) is 1. The molecule has 3 aromatic rings. The Balaban J connectivity index is 1.34. The minimum atomic E-state index is -3.86. The number of amides is 1. The quantitative estimate of drug-likeness (QED) is 0.486. The van der Waals surface area contributed by atoms with Crippen molar-refractivity contribution in [2.75, 3.05) is 24.4 Å². The summed E-state index contributed by atoms with van der Waals surface area (Å²) in [6, 6.07) is 18.4. The van der Waals surface area contributed by atoms with Crippen LogP contribution < -0.4 is 14.2 Å². The lowest BCUT2D eigenvalue weighted by atomic mass is 10.1. The summed E-state index contributed by atoms with van der Waals surface area (Å²) in [6.45, 7) is 3.54. The van der Waals surface area contributed by atoms with Gasteiger partial charge in [0.05, 0.1) is 11.5 Å². The third-order valence-electron chi connectivity index (χ3n) is 5.68. The van der Waals surface area contributed by atoms with E-state index in [1.807, 2.05) is 31.2 Å². The summed E-state index contributed by atoms with van der Waals surface area (Å²) < 4.78 is 52.4. The first-order valence-electron chi connectivity index (χ1n) is 11.4. The van der Waals surface area contributed by atoms with Crippen molar-refractivity contribution >= 4 is 21.6 Å². The average molecular weight is 499 g/mol. The Bertz CT molecular complexity index is 1260. The number of hydrogen-bond acceptors (Lipinski definition) is 5. The number of carbonyl (C=O) groups is 1. The van der Waals surface area contributed by atoms with Crippen molar-refractivity contribution < 1.29 is 27.1 Å². The number of sulfonamides is 1. The highest BCUT2D eigenvalue weighted by molar-refractivity contribution is 7.92. The largest absolute Gasteiger partial charge is 0.490 e. The maximum atomic E-state index is 13.1. The molecule has 1 aliphatic heterocycles. The summed E-state index contributed by atoms with van der Waals surface area (Å²) in [4.78, 5) is 14.7. The third kappa shape index (κ3) is 6.10. The monoisotopic (exact) mass is 498 g/mol. The summed E-state index contributed by atoms with van der Waals surface area (Å²) >= 11 is 0. The fraction of sp³-hybridized carbons (Fsp3) is 0.269. The Kier molecular flexibility index (Phi) is 7.55. The molecule has 184 valence electrons. The maximum absolute atomic E-state index is 13.1. The van der Waals surface area contributed by atoms with Crippen LogP contribution in [0.2, 0.25) is 0 Å². The summed E-state index contributed by atoms with van der Waals surface area (Å²) in [5.74, 6) is 0.790. The molecule has 0 aliphatic carbocycles. The zero-order chi connectivity index (χ0) is 24.8. The number of rotatable bonds is 8. The van der Waals surface area contributed by atoms with E-state index in [2.05, 4.69) is 4.72 Å². The van der Waals surface area contributed by atoms with E-state index in [9.17, 15) is 17.6 Å². The highest BCUT2D eigenvalue weighted by atomic mass is 32.2. The first kappa shape index (κ1) is 24.5. The van der Waals surface area contributed by atoms with Gasteiger partial charge >= 0.3 is 0 Å². The number of anilines is 1. The minimum Gasteiger partial charge on any atom is -0.490 e. The highest BCUT2D eigenvalue weighted by Gasteiger charge is 2.26. The van der Waals surface area contributed by atoms with Crippen LogP contribution >= 0.6 is 0 Å². The predicted molar refractivity (Wildman–Crippen MR) is 131 cm³/mol. The SMILES string of the molecule is CCOc1ccccc1OC1CCN(C(=O)c2ccc(S(=O)(=O)Nc3ccc(F)cc3)cc2)CC1. The summed E-state index contributed by atoms with van der Waals surface area (Å²) in [5, 5.41) is 0. The van der Waals surface area contributed by atoms with Gasteiger partial charge in [-0.1, -0.05) is 12.1 Å². The average Bonchev–Trinajstić information content (AvgIpc) is 2.87. The Morgan fingerprint density at radius 2 is 1.60 bits per heavy atom. The lowest BCUT2D eigenvalue weighted by Crippen LogP contribution is -2.41. The summed E-state index contributed by atoms with van der Waals surface area (Å²) in [6.07, 6.45) is 1.34. The van der Waals surface area contributed by atoms with E-state index in [-0.39, 0.29) is 22.6 Å². The van der Waals surface area contributed by atoms with Crippen LogP contribution in [0.4, 0.5) is 10.1 Å². The molecule has 0 radical (unpaired) electrons. The number of ether oxygens (including phenoxy) is 2. The van der Waals surface area contributed by atoms with E-state index in [4.69, 9.17) is 9.47 Å². The van der Waals surface area contributed by atoms with Crippen molar-refractivity contribution in [3.05, 3.63) is 84.2 Å². The Morgan fingerprint density at radius 3 is 2.23 bits per heavy atom. The van der Waals surface area contributed by atoms with Crippen LogP contribution in [0.25, 0.3) is 0 Å². The molecule has 1 saturated heterocycles. The van der Waals surface area contributed by atoms with Gasteiger partial charge in [0.15, 0.2) is 11.5 Å². The number of hydrogen-bond donors (Lipinski definition) is 1. The molecule has 3 aromatic carbocycles. The molecule has 1 aliphatic rings. The van der Waals surface area contributed by atoms with Crippen LogP contribution in [0, 0.1) is 5.82 Å². The molecule has 0 bridgehead atoms. The molecule has 0 unspecified atom stereocenters. The molecular formula is C26H27FN2O5S. The molecule has 0 spiro atoms. The third-order valence-corrected chi connectivity index (χ3v) is 7.08. The van der Waals surface area contributed by atoms with E-state index >= 15 is 0 Å². The number of halogens is 1. The van der Waals surface area contributed by atoms with Gasteiger partial charge in [-0.3, -0.25) is 9.52 Å². The number of nitrogens with one attached hydrogen (secondary N) is 1. The molecule has 1 fully saturated rings. The standard InChI is InChI=1S/C26H27FN2O5S/c1-2-33-24-5-3-4-6-25(24)34-22-15-17-29(18-16-22)26(30)19-7-13-23(14-8-19)35(31,32)28-21-11-9-20(27)10-12-21/h3-14,22,28H,2,15-18H2,1H3. The molecule has 0 aromatic heterocycles. The predicted octanol–water partition coefficient (Wildman–Crippen LogP) is 4.71. The van der Waals surface area contributed by atoms with Crippen LogP contribution in [-0.4, -0.2) is 45.0 Å². The number of likely N-dealkylation sites (tertiary alicyclic amines) is 1. The van der Waals surface area contributed by atoms with Crippen molar-refractivity contribution in [1.29, 1.82) is 0 Å². The number of para-hydroxylation sites is 2. The van der Waals surface area contributed by atoms with Gasteiger partial charge in [-0.15, -0.1) is 0 Å². The molecule has 1 amide bonds. The van der Waals surface area contributed by atoms with Crippen molar-refractivity contribution in [1.82, 2.24) is 4.90 Å². The normalized spacial score (nSPS) is 14.4. The van der Waals surface area contributed by atoms with Gasteiger partial charge < -0.3 is 14.4 Å². The lowest BCUT2D eigenvalue weighted by Gasteiger charge is -2.32. The molecule has 0 saturated carbocycles. The highest BCUT2D eigenvalue weighted by Crippen LogP contribution is 2.29. The molecule has 4 rings (SSSR count). The van der Waals surface area contributed by atoms with Crippen LogP contribution in [0.5, 0.6) is 11.5 Å². The zero-order valence-electron chi connectivity index (χ0n) is 19.3. The molecule has 1 heterocycles. The Morgan fingerprint density at radius 1 is 0.971 bits per heavy atom. The minimum absolute atomic E-state index is 0.0125. The second kappa shape index (κ2) is 10.8. The van der Waals surface area contributed by atoms with Crippen molar-refractivity contribution in [3.8, 4) is 11.5 Å². The lowest BCUT2D eigenvalue weighted by molar-refractivity contribution is 0.0589. The van der Waals surface area contributed by atoms with Gasteiger partial charge in [0.1, 0.15) is 11.9 Å². The Hall–Kier alpha value is -3.59. The summed E-state index contributed by atoms with van der Waals surface area (Å²) in [5.41, 5.74) is 0.660. The van der Waals surface area contributed by atoms with E-state index in [1.165, 1.54) is 48.5 Å². The fourth-order valence-electron chi connectivity index (χ4n) is 3.87. The van der Waals surface area contributed by atoms with Crippen LogP contribution in [0.15, 0.2) is 77.7 Å². The van der Waals surface area contributed by atoms with Crippen molar-refractivity contribution in [2.45, 2.75) is 30.8 Å². The smallest absolute Gasteiger partial charge is 0.261 e. The van der Waals surface area contributed by atoms with Crippen LogP contribution in [0.3, 0.4) is 0 Å². The fourth-order valence-corrected chi connectivity index (χ4v) is 4.93. The van der Waals surface area contributed by atoms with Gasteiger partial charge in [-0.2, -0.15) is 0 Å². The van der Waals surface area contributed by atoms with Crippen LogP contribution in [0.1, 0.15) is 30.1 Å². The van der Waals surface area contributed by atoms with Gasteiger partial charge in [0.25, 0.3) is 15.9 Å². The van der Waals surface area contributed by atoms with Gasteiger partial charge in [-0.25, -0.2) is 12.8 Å². The summed E-state index contributed by atoms with van der Waals surface area (Å²) in [7, 11) is -3.86. The van der Waals surface area contributed by atoms with Crippen molar-refractivity contribution in [2.24, 2.45) is 0 Å². The Labute approximate surface area is 204 Å². The second-order valence-corrected chi connectivity index (χ2v) is 9.81. The van der Waals surface area contributed by atoms with Crippen molar-refractivity contribution in [3.63, 3.8) is 0 Å². The second-order valence-electron chi connectivity index (χ2n) is 8.13. The first-order chi connectivity index (χ1) is 16.9. The molecular weight excluding hydrogens is 471 g/mol. The topological polar surface area (TPSA) is 84.9 Å². The molecule has 1 N–H and O–H groups in total. The van der Waals surface area contributed by atoms with E-state index in [0.717, 1.165) is 0 Å². The van der Waals surface area contributed by atoms with Gasteiger partial charge in [0.2, 0.25) is 0 Å². The van der Waals surface area contributed by atoms with E-state index < -0.39 is 15.8 Å².